The lowest BCUT2D eigenvalue weighted by atomic mass is 10.3. The number of nitrogens with zero attached hydrogens (tertiary/aromatic N) is 2. The summed E-state index contributed by atoms with van der Waals surface area (Å²) in [5, 5.41) is 2.75. The van der Waals surface area contributed by atoms with Gasteiger partial charge in [-0.1, -0.05) is 23.2 Å². The predicted octanol–water partition coefficient (Wildman–Crippen LogP) is 4.58. The van der Waals surface area contributed by atoms with Crippen LogP contribution < -0.4 is 0 Å². The number of rotatable bonds is 1. The van der Waals surface area contributed by atoms with Crippen LogP contribution in [-0.2, 0) is 0 Å². The first-order valence-corrected chi connectivity index (χ1v) is 6.45. The summed E-state index contributed by atoms with van der Waals surface area (Å²) in [4.78, 5) is 9.29. The molecule has 2 aromatic heterocycles. The van der Waals surface area contributed by atoms with E-state index in [1.165, 1.54) is 11.3 Å². The molecule has 0 aromatic carbocycles. The van der Waals surface area contributed by atoms with Gasteiger partial charge in [0, 0.05) is 15.4 Å². The molecule has 2 rings (SSSR count). The molecule has 0 atom stereocenters. The Balaban J connectivity index is 2.55. The minimum atomic E-state index is 0.398. The maximum Gasteiger partial charge on any atom is 0.172 e. The van der Waals surface area contributed by atoms with E-state index in [9.17, 15) is 0 Å². The lowest BCUT2D eigenvalue weighted by Crippen LogP contribution is -1.92. The van der Waals surface area contributed by atoms with E-state index >= 15 is 0 Å². The van der Waals surface area contributed by atoms with Crippen molar-refractivity contribution in [1.82, 2.24) is 9.97 Å². The van der Waals surface area contributed by atoms with Crippen LogP contribution in [0.5, 0.6) is 0 Å². The summed E-state index contributed by atoms with van der Waals surface area (Å²) in [6.07, 6.45) is 0. The van der Waals surface area contributed by atoms with Crippen molar-refractivity contribution in [3.05, 3.63) is 31.8 Å². The summed E-state index contributed by atoms with van der Waals surface area (Å²) in [6.45, 7) is 1.79. The van der Waals surface area contributed by atoms with Crippen molar-refractivity contribution in [3.63, 3.8) is 0 Å². The summed E-state index contributed by atoms with van der Waals surface area (Å²) >= 11 is 16.8. The minimum absolute atomic E-state index is 0.398. The van der Waals surface area contributed by atoms with E-state index in [2.05, 4.69) is 25.9 Å². The third kappa shape index (κ3) is 2.33. The lowest BCUT2D eigenvalue weighted by Gasteiger charge is -2.02. The second kappa shape index (κ2) is 4.37. The van der Waals surface area contributed by atoms with Gasteiger partial charge in [0.05, 0.1) is 4.88 Å². The molecule has 0 radical (unpaired) electrons. The average Bonchev–Trinajstić information content (AvgIpc) is 2.60. The number of halogens is 3. The first-order chi connectivity index (χ1) is 7.08. The Morgan fingerprint density at radius 3 is 2.33 bits per heavy atom. The van der Waals surface area contributed by atoms with Gasteiger partial charge in [-0.25, -0.2) is 9.97 Å². The topological polar surface area (TPSA) is 25.8 Å². The largest absolute Gasteiger partial charge is 0.215 e. The summed E-state index contributed by atoms with van der Waals surface area (Å²) in [7, 11) is 0. The molecule has 0 saturated heterocycles. The van der Waals surface area contributed by atoms with Crippen LogP contribution in [-0.4, -0.2) is 9.97 Å². The number of hydrogen-bond donors (Lipinski definition) is 0. The third-order valence-electron chi connectivity index (χ3n) is 1.81. The summed E-state index contributed by atoms with van der Waals surface area (Å²) in [6, 6.07) is 1.93. The zero-order valence-corrected chi connectivity index (χ0v) is 11.5. The molecule has 0 unspecified atom stereocenters. The van der Waals surface area contributed by atoms with Crippen molar-refractivity contribution in [2.24, 2.45) is 0 Å². The van der Waals surface area contributed by atoms with Crippen LogP contribution in [0.2, 0.25) is 10.3 Å². The Labute approximate surface area is 109 Å². The standard InChI is InChI=1S/C9H5BrCl2N2S/c1-4-7(11)13-9(14-8(4)12)6-2-5(10)3-15-6/h2-3H,1H3. The summed E-state index contributed by atoms with van der Waals surface area (Å²) < 4.78 is 0.999. The fourth-order valence-corrected chi connectivity index (χ4v) is 2.75. The molecule has 15 heavy (non-hydrogen) atoms. The van der Waals surface area contributed by atoms with E-state index in [1.807, 2.05) is 11.4 Å². The molecule has 0 fully saturated rings. The quantitative estimate of drug-likeness (QED) is 0.718. The monoisotopic (exact) mass is 322 g/mol. The van der Waals surface area contributed by atoms with Crippen LogP contribution in [0.3, 0.4) is 0 Å². The summed E-state index contributed by atoms with van der Waals surface area (Å²) in [5.41, 5.74) is 0.706. The third-order valence-corrected chi connectivity index (χ3v) is 4.24. The fourth-order valence-electron chi connectivity index (χ4n) is 1.00. The highest BCUT2D eigenvalue weighted by molar-refractivity contribution is 9.10. The first-order valence-electron chi connectivity index (χ1n) is 4.02. The van der Waals surface area contributed by atoms with E-state index < -0.39 is 0 Å². The van der Waals surface area contributed by atoms with Crippen LogP contribution in [0.4, 0.5) is 0 Å². The first kappa shape index (κ1) is 11.3. The van der Waals surface area contributed by atoms with Crippen molar-refractivity contribution in [3.8, 4) is 10.7 Å². The molecule has 2 heterocycles. The van der Waals surface area contributed by atoms with Gasteiger partial charge >= 0.3 is 0 Å². The molecule has 6 heteroatoms. The maximum atomic E-state index is 5.93. The summed E-state index contributed by atoms with van der Waals surface area (Å²) in [5.74, 6) is 0.561. The molecule has 2 aromatic rings. The predicted molar refractivity (Wildman–Crippen MR) is 67.8 cm³/mol. The van der Waals surface area contributed by atoms with Gasteiger partial charge in [-0.2, -0.15) is 0 Å². The highest BCUT2D eigenvalue weighted by atomic mass is 79.9. The SMILES string of the molecule is Cc1c(Cl)nc(-c2cc(Br)cs2)nc1Cl. The Hall–Kier alpha value is -0.160. The second-order valence-electron chi connectivity index (χ2n) is 2.88. The zero-order chi connectivity index (χ0) is 11.0. The van der Waals surface area contributed by atoms with Crippen LogP contribution >= 0.6 is 50.5 Å². The highest BCUT2D eigenvalue weighted by Gasteiger charge is 2.10. The Morgan fingerprint density at radius 2 is 1.87 bits per heavy atom. The van der Waals surface area contributed by atoms with E-state index in [0.717, 1.165) is 9.35 Å². The van der Waals surface area contributed by atoms with Crippen molar-refractivity contribution >= 4 is 50.5 Å². The van der Waals surface area contributed by atoms with Gasteiger partial charge in [0.2, 0.25) is 0 Å². The minimum Gasteiger partial charge on any atom is -0.215 e. The highest BCUT2D eigenvalue weighted by Crippen LogP contribution is 2.30. The van der Waals surface area contributed by atoms with Gasteiger partial charge in [0.15, 0.2) is 5.82 Å². The van der Waals surface area contributed by atoms with Crippen LogP contribution in [0.1, 0.15) is 5.56 Å². The molecule has 0 aliphatic rings. The molecule has 0 amide bonds. The van der Waals surface area contributed by atoms with Gasteiger partial charge in [-0.05, 0) is 28.9 Å². The average molecular weight is 324 g/mol. The van der Waals surface area contributed by atoms with Crippen molar-refractivity contribution < 1.29 is 0 Å². The second-order valence-corrected chi connectivity index (χ2v) is 5.43. The van der Waals surface area contributed by atoms with Crippen molar-refractivity contribution in [1.29, 1.82) is 0 Å². The van der Waals surface area contributed by atoms with Crippen LogP contribution in [0.25, 0.3) is 10.7 Å². The molecular formula is C9H5BrCl2N2S. The Bertz CT molecular complexity index is 490. The normalized spacial score (nSPS) is 10.7. The van der Waals surface area contributed by atoms with E-state index in [-0.39, 0.29) is 0 Å². The van der Waals surface area contributed by atoms with Gasteiger partial charge in [-0.3, -0.25) is 0 Å². The van der Waals surface area contributed by atoms with Crippen molar-refractivity contribution in [2.75, 3.05) is 0 Å². The molecule has 0 aliphatic heterocycles. The smallest absolute Gasteiger partial charge is 0.172 e. The molecule has 0 saturated carbocycles. The molecule has 0 bridgehead atoms. The van der Waals surface area contributed by atoms with Gasteiger partial charge < -0.3 is 0 Å². The molecule has 0 aliphatic carbocycles. The van der Waals surface area contributed by atoms with Crippen molar-refractivity contribution in [2.45, 2.75) is 6.92 Å². The molecule has 0 spiro atoms. The van der Waals surface area contributed by atoms with E-state index in [1.54, 1.807) is 6.92 Å². The number of aromatic nitrogens is 2. The number of hydrogen-bond acceptors (Lipinski definition) is 3. The fraction of sp³-hybridized carbons (Fsp3) is 0.111. The van der Waals surface area contributed by atoms with Crippen LogP contribution in [0.15, 0.2) is 15.9 Å². The molecule has 0 N–H and O–H groups in total. The van der Waals surface area contributed by atoms with Gasteiger partial charge in [-0.15, -0.1) is 11.3 Å². The maximum absolute atomic E-state index is 5.93. The Morgan fingerprint density at radius 1 is 1.27 bits per heavy atom. The van der Waals surface area contributed by atoms with Gasteiger partial charge in [0.1, 0.15) is 10.3 Å². The Kier molecular flexibility index (Phi) is 3.30. The zero-order valence-electron chi connectivity index (χ0n) is 7.59. The van der Waals surface area contributed by atoms with Gasteiger partial charge in [0.25, 0.3) is 0 Å². The molecule has 2 nitrogen and oxygen atoms in total. The van der Waals surface area contributed by atoms with E-state index in [4.69, 9.17) is 23.2 Å². The lowest BCUT2D eigenvalue weighted by molar-refractivity contribution is 1.15. The van der Waals surface area contributed by atoms with E-state index in [0.29, 0.717) is 21.7 Å². The number of thiophene rings is 1. The van der Waals surface area contributed by atoms with Crippen LogP contribution in [0, 0.1) is 6.92 Å². The molecule has 78 valence electrons. The molecular weight excluding hydrogens is 319 g/mol.